The molecule has 0 saturated carbocycles. The first-order valence-corrected chi connectivity index (χ1v) is 9.58. The number of esters is 2. The molecule has 0 atom stereocenters. The summed E-state index contributed by atoms with van der Waals surface area (Å²) in [5.41, 5.74) is -0.245. The molecule has 1 heterocycles. The van der Waals surface area contributed by atoms with Gasteiger partial charge in [0.05, 0.1) is 25.2 Å². The predicted octanol–water partition coefficient (Wildman–Crippen LogP) is 3.61. The van der Waals surface area contributed by atoms with Crippen molar-refractivity contribution in [2.45, 2.75) is 71.6 Å². The molecule has 1 rings (SSSR count). The lowest BCUT2D eigenvalue weighted by Crippen LogP contribution is -2.41. The van der Waals surface area contributed by atoms with Gasteiger partial charge in [0.15, 0.2) is 0 Å². The van der Waals surface area contributed by atoms with Crippen LogP contribution in [-0.4, -0.2) is 45.2 Å². The molecule has 0 N–H and O–H groups in total. The zero-order valence-corrected chi connectivity index (χ0v) is 15.8. The molecule has 6 nitrogen and oxygen atoms in total. The Balaban J connectivity index is 2.04. The Kier molecular flexibility index (Phi) is 11.5. The molecule has 1 saturated heterocycles. The maximum Gasteiger partial charge on any atom is 0.305 e. The molecule has 0 bridgehead atoms. The smallest absolute Gasteiger partial charge is 0.305 e. The topological polar surface area (TPSA) is 71.1 Å². The monoisotopic (exact) mass is 358 g/mol. The van der Waals surface area contributed by atoms with E-state index in [2.05, 4.69) is 6.92 Å². The van der Waals surface area contributed by atoms with Crippen LogP contribution in [-0.2, 0) is 28.5 Å². The van der Waals surface area contributed by atoms with Crippen LogP contribution in [0.3, 0.4) is 0 Å². The third kappa shape index (κ3) is 9.80. The fourth-order valence-corrected chi connectivity index (χ4v) is 2.65. The Labute approximate surface area is 151 Å². The third-order valence-corrected chi connectivity index (χ3v) is 4.55. The molecule has 0 aliphatic carbocycles. The van der Waals surface area contributed by atoms with Crippen LogP contribution in [0, 0.1) is 5.41 Å². The summed E-state index contributed by atoms with van der Waals surface area (Å²) in [4.78, 5) is 23.4. The lowest BCUT2D eigenvalue weighted by Gasteiger charge is -2.35. The van der Waals surface area contributed by atoms with Gasteiger partial charge in [-0.05, 0) is 19.3 Å². The van der Waals surface area contributed by atoms with E-state index in [1.54, 1.807) is 0 Å². The van der Waals surface area contributed by atoms with Crippen molar-refractivity contribution < 1.29 is 28.5 Å². The van der Waals surface area contributed by atoms with Gasteiger partial charge in [-0.2, -0.15) is 0 Å². The Hall–Kier alpha value is -1.14. The molecular weight excluding hydrogens is 324 g/mol. The fraction of sp³-hybridized carbons (Fsp3) is 0.895. The van der Waals surface area contributed by atoms with Gasteiger partial charge in [0.25, 0.3) is 0 Å². The highest BCUT2D eigenvalue weighted by atomic mass is 16.7. The van der Waals surface area contributed by atoms with Crippen molar-refractivity contribution >= 4 is 11.9 Å². The number of hydrogen-bond acceptors (Lipinski definition) is 6. The van der Waals surface area contributed by atoms with Gasteiger partial charge in [-0.1, -0.05) is 39.5 Å². The molecule has 0 spiro atoms. The largest absolute Gasteiger partial charge is 0.466 e. The maximum absolute atomic E-state index is 11.8. The summed E-state index contributed by atoms with van der Waals surface area (Å²) in [5, 5.41) is 0. The predicted molar refractivity (Wildman–Crippen MR) is 94.0 cm³/mol. The highest BCUT2D eigenvalue weighted by Crippen LogP contribution is 2.26. The molecule has 1 aliphatic rings. The third-order valence-electron chi connectivity index (χ3n) is 4.55. The van der Waals surface area contributed by atoms with Crippen LogP contribution in [0.5, 0.6) is 0 Å². The lowest BCUT2D eigenvalue weighted by atomic mass is 9.87. The molecule has 1 aliphatic heterocycles. The van der Waals surface area contributed by atoms with E-state index >= 15 is 0 Å². The minimum atomic E-state index is -0.286. The minimum absolute atomic E-state index is 0.229. The van der Waals surface area contributed by atoms with E-state index in [0.29, 0.717) is 39.6 Å². The molecule has 146 valence electrons. The van der Waals surface area contributed by atoms with Crippen LogP contribution < -0.4 is 0 Å². The van der Waals surface area contributed by atoms with Gasteiger partial charge in [0, 0.05) is 12.8 Å². The van der Waals surface area contributed by atoms with E-state index in [9.17, 15) is 9.59 Å². The highest BCUT2D eigenvalue weighted by Gasteiger charge is 2.33. The Morgan fingerprint density at radius 3 is 2.16 bits per heavy atom. The Morgan fingerprint density at radius 2 is 1.52 bits per heavy atom. The zero-order chi connectivity index (χ0) is 18.4. The first kappa shape index (κ1) is 21.9. The normalized spacial score (nSPS) is 16.4. The highest BCUT2D eigenvalue weighted by molar-refractivity contribution is 5.72. The molecule has 0 aromatic heterocycles. The van der Waals surface area contributed by atoms with Crippen molar-refractivity contribution in [1.29, 1.82) is 0 Å². The summed E-state index contributed by atoms with van der Waals surface area (Å²) in [6.07, 6.45) is 7.40. The SMILES string of the molecule is CCCCCCCOC(=O)CCCC(=O)OCC1(CC)COCOC1. The molecule has 0 unspecified atom stereocenters. The van der Waals surface area contributed by atoms with Crippen LogP contribution in [0.25, 0.3) is 0 Å². The van der Waals surface area contributed by atoms with Crippen molar-refractivity contribution in [3.8, 4) is 0 Å². The van der Waals surface area contributed by atoms with Crippen LogP contribution >= 0.6 is 0 Å². The maximum atomic E-state index is 11.8. The molecule has 0 aromatic carbocycles. The Morgan fingerprint density at radius 1 is 0.880 bits per heavy atom. The zero-order valence-electron chi connectivity index (χ0n) is 15.8. The number of rotatable bonds is 13. The van der Waals surface area contributed by atoms with Crippen LogP contribution in [0.4, 0.5) is 0 Å². The van der Waals surface area contributed by atoms with E-state index in [0.717, 1.165) is 19.3 Å². The van der Waals surface area contributed by atoms with Crippen molar-refractivity contribution in [2.24, 2.45) is 5.41 Å². The van der Waals surface area contributed by atoms with Gasteiger partial charge in [-0.3, -0.25) is 9.59 Å². The lowest BCUT2D eigenvalue weighted by molar-refractivity contribution is -0.187. The van der Waals surface area contributed by atoms with Gasteiger partial charge < -0.3 is 18.9 Å². The average molecular weight is 358 g/mol. The standard InChI is InChI=1S/C19H34O6/c1-3-5-6-7-8-12-24-17(20)10-9-11-18(21)25-15-19(4-2)13-22-16-23-14-19/h3-16H2,1-2H3. The average Bonchev–Trinajstić information content (AvgIpc) is 2.63. The number of hydrogen-bond donors (Lipinski definition) is 0. The summed E-state index contributed by atoms with van der Waals surface area (Å²) in [6.45, 7) is 6.36. The van der Waals surface area contributed by atoms with Crippen molar-refractivity contribution in [1.82, 2.24) is 0 Å². The molecule has 0 radical (unpaired) electrons. The molecule has 0 amide bonds. The van der Waals surface area contributed by atoms with Crippen molar-refractivity contribution in [3.05, 3.63) is 0 Å². The quantitative estimate of drug-likeness (QED) is 0.370. The number of carbonyl (C=O) groups excluding carboxylic acids is 2. The summed E-state index contributed by atoms with van der Waals surface area (Å²) in [7, 11) is 0. The number of unbranched alkanes of at least 4 members (excludes halogenated alkanes) is 4. The molecular formula is C19H34O6. The molecule has 0 aromatic rings. The number of ether oxygens (including phenoxy) is 4. The summed E-state index contributed by atoms with van der Waals surface area (Å²) >= 11 is 0. The van der Waals surface area contributed by atoms with E-state index in [1.807, 2.05) is 6.92 Å². The first-order chi connectivity index (χ1) is 12.1. The summed E-state index contributed by atoms with van der Waals surface area (Å²) in [5.74, 6) is -0.520. The first-order valence-electron chi connectivity index (χ1n) is 9.58. The van der Waals surface area contributed by atoms with Gasteiger partial charge in [-0.25, -0.2) is 0 Å². The van der Waals surface area contributed by atoms with Gasteiger partial charge in [0.2, 0.25) is 0 Å². The summed E-state index contributed by atoms with van der Waals surface area (Å²) < 4.78 is 21.1. The second-order valence-electron chi connectivity index (χ2n) is 6.82. The Bertz CT molecular complexity index is 376. The van der Waals surface area contributed by atoms with Crippen LogP contribution in [0.15, 0.2) is 0 Å². The van der Waals surface area contributed by atoms with Crippen molar-refractivity contribution in [2.75, 3.05) is 33.2 Å². The van der Waals surface area contributed by atoms with E-state index < -0.39 is 0 Å². The van der Waals surface area contributed by atoms with Crippen molar-refractivity contribution in [3.63, 3.8) is 0 Å². The minimum Gasteiger partial charge on any atom is -0.466 e. The van der Waals surface area contributed by atoms with Gasteiger partial charge >= 0.3 is 11.9 Å². The van der Waals surface area contributed by atoms with E-state index in [4.69, 9.17) is 18.9 Å². The van der Waals surface area contributed by atoms with Crippen LogP contribution in [0.2, 0.25) is 0 Å². The second-order valence-corrected chi connectivity index (χ2v) is 6.82. The van der Waals surface area contributed by atoms with E-state index in [-0.39, 0.29) is 30.2 Å². The van der Waals surface area contributed by atoms with Gasteiger partial charge in [-0.15, -0.1) is 0 Å². The molecule has 1 fully saturated rings. The van der Waals surface area contributed by atoms with Gasteiger partial charge in [0.1, 0.15) is 13.4 Å². The molecule has 6 heteroatoms. The second kappa shape index (κ2) is 13.1. The fourth-order valence-electron chi connectivity index (χ4n) is 2.65. The number of carbonyl (C=O) groups is 2. The molecule has 25 heavy (non-hydrogen) atoms. The van der Waals surface area contributed by atoms with Crippen LogP contribution in [0.1, 0.15) is 71.6 Å². The summed E-state index contributed by atoms with van der Waals surface area (Å²) in [6, 6.07) is 0. The van der Waals surface area contributed by atoms with E-state index in [1.165, 1.54) is 19.3 Å².